The summed E-state index contributed by atoms with van der Waals surface area (Å²) in [4.78, 5) is 25.0. The number of carboxylic acids is 1. The standard InChI is InChI=1S/C14H16FNO3S/c15-11-5-1-2-6-12(11)20-9-13(17)16-7-3-4-10(8-16)14(18)19/h1-2,5-6,10H,3-4,7-9H2,(H,18,19)/t10-/m1/s1. The van der Waals surface area contributed by atoms with Gasteiger partial charge < -0.3 is 10.0 Å². The summed E-state index contributed by atoms with van der Waals surface area (Å²) in [5, 5.41) is 8.99. The molecule has 0 unspecified atom stereocenters. The van der Waals surface area contributed by atoms with Gasteiger partial charge in [0.1, 0.15) is 5.82 Å². The largest absolute Gasteiger partial charge is 0.481 e. The number of carbonyl (C=O) groups is 2. The summed E-state index contributed by atoms with van der Waals surface area (Å²) >= 11 is 1.14. The summed E-state index contributed by atoms with van der Waals surface area (Å²) in [6.45, 7) is 0.840. The van der Waals surface area contributed by atoms with Gasteiger partial charge in [-0.3, -0.25) is 9.59 Å². The van der Waals surface area contributed by atoms with Gasteiger partial charge in [-0.2, -0.15) is 0 Å². The highest BCUT2D eigenvalue weighted by Gasteiger charge is 2.27. The first-order valence-corrected chi connectivity index (χ1v) is 7.44. The molecule has 0 aromatic heterocycles. The third-order valence-electron chi connectivity index (χ3n) is 3.31. The predicted octanol–water partition coefficient (Wildman–Crippen LogP) is 2.24. The molecule has 1 aliphatic heterocycles. The molecule has 0 saturated carbocycles. The third kappa shape index (κ3) is 3.72. The van der Waals surface area contributed by atoms with Crippen molar-refractivity contribution in [2.75, 3.05) is 18.8 Å². The molecule has 1 fully saturated rings. The molecule has 1 saturated heterocycles. The van der Waals surface area contributed by atoms with Gasteiger partial charge in [-0.15, -0.1) is 11.8 Å². The number of halogens is 1. The number of rotatable bonds is 4. The van der Waals surface area contributed by atoms with Crippen LogP contribution in [0.15, 0.2) is 29.2 Å². The SMILES string of the molecule is O=C(O)[C@@H]1CCCN(C(=O)CSc2ccccc2F)C1. The number of hydrogen-bond acceptors (Lipinski definition) is 3. The molecule has 6 heteroatoms. The fraction of sp³-hybridized carbons (Fsp3) is 0.429. The van der Waals surface area contributed by atoms with Gasteiger partial charge in [0, 0.05) is 18.0 Å². The second kappa shape index (κ2) is 6.74. The third-order valence-corrected chi connectivity index (χ3v) is 4.34. The van der Waals surface area contributed by atoms with Crippen molar-refractivity contribution >= 4 is 23.6 Å². The van der Waals surface area contributed by atoms with E-state index in [1.165, 1.54) is 6.07 Å². The molecule has 20 heavy (non-hydrogen) atoms. The maximum Gasteiger partial charge on any atom is 0.308 e. The number of aliphatic carboxylic acids is 1. The highest BCUT2D eigenvalue weighted by molar-refractivity contribution is 8.00. The Labute approximate surface area is 121 Å². The minimum absolute atomic E-state index is 0.132. The Hall–Kier alpha value is -1.56. The summed E-state index contributed by atoms with van der Waals surface area (Å²) in [6.07, 6.45) is 1.31. The first kappa shape index (κ1) is 14.8. The summed E-state index contributed by atoms with van der Waals surface area (Å²) in [7, 11) is 0. The molecule has 0 bridgehead atoms. The smallest absolute Gasteiger partial charge is 0.308 e. The second-order valence-corrected chi connectivity index (χ2v) is 5.75. The Balaban J connectivity index is 1.89. The average Bonchev–Trinajstić information content (AvgIpc) is 2.46. The molecule has 1 aromatic rings. The minimum atomic E-state index is -0.857. The summed E-state index contributed by atoms with van der Waals surface area (Å²) in [5.74, 6) is -1.68. The molecule has 0 spiro atoms. The van der Waals surface area contributed by atoms with E-state index in [1.54, 1.807) is 23.1 Å². The number of thioether (sulfide) groups is 1. The van der Waals surface area contributed by atoms with E-state index in [0.717, 1.165) is 11.8 Å². The number of likely N-dealkylation sites (tertiary alicyclic amines) is 1. The Morgan fingerprint density at radius 3 is 2.85 bits per heavy atom. The van der Waals surface area contributed by atoms with Crippen LogP contribution in [0, 0.1) is 11.7 Å². The van der Waals surface area contributed by atoms with Crippen LogP contribution in [0.4, 0.5) is 4.39 Å². The van der Waals surface area contributed by atoms with Crippen LogP contribution in [0.1, 0.15) is 12.8 Å². The molecule has 1 aromatic carbocycles. The highest BCUT2D eigenvalue weighted by atomic mass is 32.2. The molecular formula is C14H16FNO3S. The Morgan fingerprint density at radius 2 is 2.15 bits per heavy atom. The summed E-state index contributed by atoms with van der Waals surface area (Å²) in [5.41, 5.74) is 0. The molecule has 1 N–H and O–H groups in total. The molecule has 1 heterocycles. The lowest BCUT2D eigenvalue weighted by atomic mass is 9.98. The molecule has 1 aliphatic rings. The normalized spacial score (nSPS) is 18.9. The number of carbonyl (C=O) groups excluding carboxylic acids is 1. The van der Waals surface area contributed by atoms with Gasteiger partial charge in [-0.1, -0.05) is 12.1 Å². The maximum atomic E-state index is 13.4. The average molecular weight is 297 g/mol. The van der Waals surface area contributed by atoms with Gasteiger partial charge in [0.25, 0.3) is 0 Å². The number of benzene rings is 1. The zero-order chi connectivity index (χ0) is 14.5. The lowest BCUT2D eigenvalue weighted by Gasteiger charge is -2.30. The molecule has 0 aliphatic carbocycles. The van der Waals surface area contributed by atoms with Crippen molar-refractivity contribution < 1.29 is 19.1 Å². The molecule has 4 nitrogen and oxygen atoms in total. The van der Waals surface area contributed by atoms with E-state index in [2.05, 4.69) is 0 Å². The van der Waals surface area contributed by atoms with Crippen LogP contribution in [0.2, 0.25) is 0 Å². The van der Waals surface area contributed by atoms with Gasteiger partial charge in [0.15, 0.2) is 0 Å². The van der Waals surface area contributed by atoms with Crippen LogP contribution < -0.4 is 0 Å². The van der Waals surface area contributed by atoms with Crippen molar-refractivity contribution in [1.29, 1.82) is 0 Å². The topological polar surface area (TPSA) is 57.6 Å². The Kier molecular flexibility index (Phi) is 5.00. The molecule has 0 radical (unpaired) electrons. The molecule has 108 valence electrons. The first-order valence-electron chi connectivity index (χ1n) is 6.46. The maximum absolute atomic E-state index is 13.4. The number of hydrogen-bond donors (Lipinski definition) is 1. The van der Waals surface area contributed by atoms with E-state index in [-0.39, 0.29) is 24.0 Å². The lowest BCUT2D eigenvalue weighted by molar-refractivity contribution is -0.145. The highest BCUT2D eigenvalue weighted by Crippen LogP contribution is 2.23. The number of nitrogens with zero attached hydrogens (tertiary/aromatic N) is 1. The monoisotopic (exact) mass is 297 g/mol. The van der Waals surface area contributed by atoms with Crippen LogP contribution in [0.3, 0.4) is 0 Å². The van der Waals surface area contributed by atoms with Crippen molar-refractivity contribution in [1.82, 2.24) is 4.90 Å². The minimum Gasteiger partial charge on any atom is -0.481 e. The molecule has 2 rings (SSSR count). The van der Waals surface area contributed by atoms with Gasteiger partial charge in [0.2, 0.25) is 5.91 Å². The zero-order valence-electron chi connectivity index (χ0n) is 10.9. The van der Waals surface area contributed by atoms with E-state index in [0.29, 0.717) is 24.3 Å². The van der Waals surface area contributed by atoms with Crippen molar-refractivity contribution in [2.24, 2.45) is 5.92 Å². The van der Waals surface area contributed by atoms with E-state index < -0.39 is 11.9 Å². The first-order chi connectivity index (χ1) is 9.58. The number of piperidine rings is 1. The van der Waals surface area contributed by atoms with Gasteiger partial charge in [-0.25, -0.2) is 4.39 Å². The van der Waals surface area contributed by atoms with E-state index in [1.807, 2.05) is 0 Å². The van der Waals surface area contributed by atoms with Crippen LogP contribution in [-0.2, 0) is 9.59 Å². The summed E-state index contributed by atoms with van der Waals surface area (Å²) < 4.78 is 13.4. The van der Waals surface area contributed by atoms with Crippen molar-refractivity contribution in [3.8, 4) is 0 Å². The van der Waals surface area contributed by atoms with E-state index in [4.69, 9.17) is 5.11 Å². The molecule has 1 atom stereocenters. The predicted molar refractivity (Wildman–Crippen MR) is 74.1 cm³/mol. The number of carboxylic acid groups (broad SMARTS) is 1. The zero-order valence-corrected chi connectivity index (χ0v) is 11.7. The summed E-state index contributed by atoms with van der Waals surface area (Å²) in [6, 6.07) is 6.30. The fourth-order valence-corrected chi connectivity index (χ4v) is 3.04. The van der Waals surface area contributed by atoms with E-state index >= 15 is 0 Å². The number of amides is 1. The lowest BCUT2D eigenvalue weighted by Crippen LogP contribution is -2.43. The fourth-order valence-electron chi connectivity index (χ4n) is 2.20. The van der Waals surface area contributed by atoms with Gasteiger partial charge in [0.05, 0.1) is 11.7 Å². The van der Waals surface area contributed by atoms with Crippen LogP contribution in [-0.4, -0.2) is 40.7 Å². The van der Waals surface area contributed by atoms with E-state index in [9.17, 15) is 14.0 Å². The molecule has 1 amide bonds. The van der Waals surface area contributed by atoms with Crippen LogP contribution >= 0.6 is 11.8 Å². The van der Waals surface area contributed by atoms with Gasteiger partial charge >= 0.3 is 5.97 Å². The van der Waals surface area contributed by atoms with Crippen LogP contribution in [0.25, 0.3) is 0 Å². The Bertz CT molecular complexity index is 509. The quantitative estimate of drug-likeness (QED) is 0.866. The van der Waals surface area contributed by atoms with Crippen LogP contribution in [0.5, 0.6) is 0 Å². The van der Waals surface area contributed by atoms with Gasteiger partial charge in [-0.05, 0) is 25.0 Å². The van der Waals surface area contributed by atoms with Crippen molar-refractivity contribution in [3.05, 3.63) is 30.1 Å². The second-order valence-electron chi connectivity index (χ2n) is 4.74. The van der Waals surface area contributed by atoms with Crippen molar-refractivity contribution in [2.45, 2.75) is 17.7 Å². The van der Waals surface area contributed by atoms with Crippen molar-refractivity contribution in [3.63, 3.8) is 0 Å². The Morgan fingerprint density at radius 1 is 1.40 bits per heavy atom. The molecular weight excluding hydrogens is 281 g/mol.